The molecule has 0 saturated carbocycles. The minimum Gasteiger partial charge on any atom is -0.387 e. The SMILES string of the molecule is CN(CC(=O)NC1CCOCC1)CC1(O)CCNC1. The number of carbonyl (C=O) groups is 1. The lowest BCUT2D eigenvalue weighted by Gasteiger charge is -2.28. The summed E-state index contributed by atoms with van der Waals surface area (Å²) in [7, 11) is 1.87. The van der Waals surface area contributed by atoms with E-state index in [4.69, 9.17) is 4.74 Å². The molecular weight excluding hydrogens is 246 g/mol. The summed E-state index contributed by atoms with van der Waals surface area (Å²) >= 11 is 0. The third-order valence-corrected chi connectivity index (χ3v) is 3.79. The Labute approximate surface area is 114 Å². The zero-order valence-corrected chi connectivity index (χ0v) is 11.7. The number of carbonyl (C=O) groups excluding carboxylic acids is 1. The largest absolute Gasteiger partial charge is 0.387 e. The predicted molar refractivity (Wildman–Crippen MR) is 71.9 cm³/mol. The summed E-state index contributed by atoms with van der Waals surface area (Å²) < 4.78 is 5.26. The second kappa shape index (κ2) is 6.65. The van der Waals surface area contributed by atoms with E-state index in [2.05, 4.69) is 10.6 Å². The van der Waals surface area contributed by atoms with E-state index in [0.29, 0.717) is 19.6 Å². The molecule has 2 fully saturated rings. The molecule has 0 radical (unpaired) electrons. The first-order chi connectivity index (χ1) is 9.07. The molecule has 0 aromatic rings. The number of nitrogens with zero attached hydrogens (tertiary/aromatic N) is 1. The zero-order valence-electron chi connectivity index (χ0n) is 11.7. The van der Waals surface area contributed by atoms with E-state index in [1.807, 2.05) is 11.9 Å². The van der Waals surface area contributed by atoms with Crippen molar-refractivity contribution in [1.82, 2.24) is 15.5 Å². The van der Waals surface area contributed by atoms with Crippen LogP contribution in [0.4, 0.5) is 0 Å². The van der Waals surface area contributed by atoms with Crippen molar-refractivity contribution in [2.45, 2.75) is 30.9 Å². The highest BCUT2D eigenvalue weighted by Crippen LogP contribution is 2.15. The van der Waals surface area contributed by atoms with Gasteiger partial charge in [0.15, 0.2) is 0 Å². The van der Waals surface area contributed by atoms with Crippen LogP contribution in [0, 0.1) is 0 Å². The summed E-state index contributed by atoms with van der Waals surface area (Å²) in [5.41, 5.74) is -0.687. The molecule has 2 aliphatic heterocycles. The number of likely N-dealkylation sites (N-methyl/N-ethyl adjacent to an activating group) is 1. The standard InChI is InChI=1S/C13H25N3O3/c1-16(10-13(18)4-5-14-9-13)8-12(17)15-11-2-6-19-7-3-11/h11,14,18H,2-10H2,1H3,(H,15,17). The third kappa shape index (κ3) is 4.72. The molecule has 3 N–H and O–H groups in total. The summed E-state index contributed by atoms with van der Waals surface area (Å²) in [5.74, 6) is 0.0314. The van der Waals surface area contributed by atoms with E-state index in [1.54, 1.807) is 0 Å². The maximum absolute atomic E-state index is 11.9. The molecule has 110 valence electrons. The molecule has 0 aromatic heterocycles. The van der Waals surface area contributed by atoms with Gasteiger partial charge in [-0.2, -0.15) is 0 Å². The average molecular weight is 271 g/mol. The average Bonchev–Trinajstić information content (AvgIpc) is 2.76. The molecule has 19 heavy (non-hydrogen) atoms. The molecule has 2 rings (SSSR count). The third-order valence-electron chi connectivity index (χ3n) is 3.79. The lowest BCUT2D eigenvalue weighted by molar-refractivity contribution is -0.123. The first-order valence-corrected chi connectivity index (χ1v) is 7.06. The number of hydrogen-bond acceptors (Lipinski definition) is 5. The highest BCUT2D eigenvalue weighted by molar-refractivity contribution is 5.78. The van der Waals surface area contributed by atoms with E-state index in [-0.39, 0.29) is 11.9 Å². The maximum Gasteiger partial charge on any atom is 0.234 e. The molecule has 1 atom stereocenters. The highest BCUT2D eigenvalue weighted by Gasteiger charge is 2.32. The van der Waals surface area contributed by atoms with E-state index in [1.165, 1.54) is 0 Å². The Morgan fingerprint density at radius 1 is 1.53 bits per heavy atom. The fraction of sp³-hybridized carbons (Fsp3) is 0.923. The second-order valence-electron chi connectivity index (χ2n) is 5.78. The van der Waals surface area contributed by atoms with Gasteiger partial charge in [0, 0.05) is 32.3 Å². The number of rotatable bonds is 5. The number of ether oxygens (including phenoxy) is 1. The first-order valence-electron chi connectivity index (χ1n) is 7.06. The molecule has 1 amide bonds. The van der Waals surface area contributed by atoms with Gasteiger partial charge in [-0.3, -0.25) is 9.69 Å². The van der Waals surface area contributed by atoms with Gasteiger partial charge in [0.2, 0.25) is 5.91 Å². The van der Waals surface area contributed by atoms with Crippen LogP contribution in [0.2, 0.25) is 0 Å². The molecule has 2 aliphatic rings. The summed E-state index contributed by atoms with van der Waals surface area (Å²) in [6, 6.07) is 0.242. The van der Waals surface area contributed by atoms with Crippen molar-refractivity contribution in [2.75, 3.05) is 46.4 Å². The first kappa shape index (κ1) is 14.7. The summed E-state index contributed by atoms with van der Waals surface area (Å²) in [4.78, 5) is 13.8. The van der Waals surface area contributed by atoms with Crippen molar-refractivity contribution < 1.29 is 14.6 Å². The Kier molecular flexibility index (Phi) is 5.15. The Hall–Kier alpha value is -0.690. The normalized spacial score (nSPS) is 28.8. The van der Waals surface area contributed by atoms with Crippen molar-refractivity contribution in [3.8, 4) is 0 Å². The van der Waals surface area contributed by atoms with Crippen LogP contribution in [0.25, 0.3) is 0 Å². The lowest BCUT2D eigenvalue weighted by Crippen LogP contribution is -2.48. The van der Waals surface area contributed by atoms with Gasteiger partial charge in [-0.25, -0.2) is 0 Å². The minimum absolute atomic E-state index is 0.0314. The van der Waals surface area contributed by atoms with Crippen molar-refractivity contribution in [3.05, 3.63) is 0 Å². The number of nitrogens with one attached hydrogen (secondary N) is 2. The molecule has 0 aliphatic carbocycles. The van der Waals surface area contributed by atoms with Crippen molar-refractivity contribution in [2.24, 2.45) is 0 Å². The maximum atomic E-state index is 11.9. The van der Waals surface area contributed by atoms with E-state index >= 15 is 0 Å². The Balaban J connectivity index is 1.69. The fourth-order valence-corrected chi connectivity index (χ4v) is 2.78. The highest BCUT2D eigenvalue weighted by atomic mass is 16.5. The van der Waals surface area contributed by atoms with Crippen LogP contribution >= 0.6 is 0 Å². The van der Waals surface area contributed by atoms with Crippen LogP contribution in [0.5, 0.6) is 0 Å². The van der Waals surface area contributed by atoms with Crippen LogP contribution in [0.1, 0.15) is 19.3 Å². The van der Waals surface area contributed by atoms with Crippen LogP contribution < -0.4 is 10.6 Å². The smallest absolute Gasteiger partial charge is 0.234 e. The molecule has 6 heteroatoms. The van der Waals surface area contributed by atoms with Crippen LogP contribution in [0.3, 0.4) is 0 Å². The van der Waals surface area contributed by atoms with Crippen molar-refractivity contribution >= 4 is 5.91 Å². The van der Waals surface area contributed by atoms with Gasteiger partial charge >= 0.3 is 0 Å². The number of β-amino-alcohol motifs (C(OH)–C–C–N with tert-alkyl or cyclic N) is 1. The molecule has 0 spiro atoms. The Bertz CT molecular complexity index is 300. The number of hydrogen-bond donors (Lipinski definition) is 3. The lowest BCUT2D eigenvalue weighted by atomic mass is 10.0. The fourth-order valence-electron chi connectivity index (χ4n) is 2.78. The second-order valence-corrected chi connectivity index (χ2v) is 5.78. The summed E-state index contributed by atoms with van der Waals surface area (Å²) in [6.45, 7) is 3.77. The van der Waals surface area contributed by atoms with Gasteiger partial charge in [-0.15, -0.1) is 0 Å². The Morgan fingerprint density at radius 2 is 2.26 bits per heavy atom. The van der Waals surface area contributed by atoms with E-state index < -0.39 is 5.60 Å². The van der Waals surface area contributed by atoms with Gasteiger partial charge in [0.1, 0.15) is 0 Å². The molecule has 1 unspecified atom stereocenters. The van der Waals surface area contributed by atoms with Gasteiger partial charge in [-0.1, -0.05) is 0 Å². The van der Waals surface area contributed by atoms with Gasteiger partial charge in [0.05, 0.1) is 12.1 Å². The van der Waals surface area contributed by atoms with E-state index in [9.17, 15) is 9.90 Å². The Morgan fingerprint density at radius 3 is 2.89 bits per heavy atom. The van der Waals surface area contributed by atoms with Gasteiger partial charge in [-0.05, 0) is 32.9 Å². The topological polar surface area (TPSA) is 73.8 Å². The molecule has 2 heterocycles. The van der Waals surface area contributed by atoms with Crippen LogP contribution in [-0.4, -0.2) is 74.0 Å². The quantitative estimate of drug-likeness (QED) is 0.594. The minimum atomic E-state index is -0.687. The van der Waals surface area contributed by atoms with Crippen LogP contribution in [-0.2, 0) is 9.53 Å². The summed E-state index contributed by atoms with van der Waals surface area (Å²) in [6.07, 6.45) is 2.53. The van der Waals surface area contributed by atoms with Gasteiger partial charge < -0.3 is 20.5 Å². The molecule has 2 saturated heterocycles. The van der Waals surface area contributed by atoms with Gasteiger partial charge in [0.25, 0.3) is 0 Å². The monoisotopic (exact) mass is 271 g/mol. The predicted octanol–water partition coefficient (Wildman–Crippen LogP) is -1.06. The summed E-state index contributed by atoms with van der Waals surface area (Å²) in [5, 5.41) is 16.4. The number of amides is 1. The van der Waals surface area contributed by atoms with Crippen molar-refractivity contribution in [1.29, 1.82) is 0 Å². The molecule has 0 bridgehead atoms. The number of aliphatic hydroxyl groups is 1. The zero-order chi connectivity index (χ0) is 13.7. The molecular formula is C13H25N3O3. The van der Waals surface area contributed by atoms with Crippen LogP contribution in [0.15, 0.2) is 0 Å². The van der Waals surface area contributed by atoms with E-state index in [0.717, 1.165) is 39.0 Å². The molecule has 0 aromatic carbocycles. The van der Waals surface area contributed by atoms with Crippen molar-refractivity contribution in [3.63, 3.8) is 0 Å². The molecule has 6 nitrogen and oxygen atoms in total.